The van der Waals surface area contributed by atoms with Crippen molar-refractivity contribution in [1.29, 1.82) is 0 Å². The molecule has 0 bridgehead atoms. The number of nitrogens with one attached hydrogen (secondary N) is 1. The highest BCUT2D eigenvalue weighted by atomic mass is 16.7. The van der Waals surface area contributed by atoms with Gasteiger partial charge in [-0.25, -0.2) is 0 Å². The maximum absolute atomic E-state index is 11.4. The maximum Gasteiger partial charge on any atom is 0.303 e. The molecule has 1 aliphatic rings. The summed E-state index contributed by atoms with van der Waals surface area (Å²) in [5.41, 5.74) is 0. The lowest BCUT2D eigenvalue weighted by molar-refractivity contribution is -0.270. The fourth-order valence-corrected chi connectivity index (χ4v) is 2.28. The molecule has 1 fully saturated rings. The predicted octanol–water partition coefficient (Wildman–Crippen LogP) is -0.254. The Morgan fingerprint density at radius 1 is 1.00 bits per heavy atom. The molecule has 0 spiro atoms. The quantitative estimate of drug-likeness (QED) is 0.714. The van der Waals surface area contributed by atoms with Gasteiger partial charge in [0.05, 0.1) is 6.10 Å². The number of carbonyl (C=O) groups excluding carboxylic acids is 3. The Bertz CT molecular complexity index is 411. The van der Waals surface area contributed by atoms with Gasteiger partial charge >= 0.3 is 11.9 Å². The standard InChI is InChI=1S/C13H21NO7/c1-6-11(20-8(3)16)10(14-7(2)15)12(21-9(4)17)13(18-5)19-6/h6,10-13H,1-5H3,(H,14,15)/t6-,10+,11+,12+,13+/m0/s1. The summed E-state index contributed by atoms with van der Waals surface area (Å²) >= 11 is 0. The Morgan fingerprint density at radius 3 is 1.95 bits per heavy atom. The highest BCUT2D eigenvalue weighted by Crippen LogP contribution is 2.26. The largest absolute Gasteiger partial charge is 0.457 e. The molecule has 5 atom stereocenters. The molecular formula is C13H21NO7. The van der Waals surface area contributed by atoms with Crippen molar-refractivity contribution in [2.75, 3.05) is 7.11 Å². The normalized spacial score (nSPS) is 32.1. The fourth-order valence-electron chi connectivity index (χ4n) is 2.28. The highest BCUT2D eigenvalue weighted by molar-refractivity contribution is 5.74. The first-order valence-corrected chi connectivity index (χ1v) is 6.56. The minimum Gasteiger partial charge on any atom is -0.457 e. The van der Waals surface area contributed by atoms with Crippen LogP contribution in [0.25, 0.3) is 0 Å². The molecule has 21 heavy (non-hydrogen) atoms. The number of amides is 1. The molecular weight excluding hydrogens is 282 g/mol. The van der Waals surface area contributed by atoms with Crippen LogP contribution in [0.1, 0.15) is 27.7 Å². The summed E-state index contributed by atoms with van der Waals surface area (Å²) in [5.74, 6) is -1.43. The Balaban J connectivity index is 3.08. The second-order valence-electron chi connectivity index (χ2n) is 4.82. The van der Waals surface area contributed by atoms with E-state index >= 15 is 0 Å². The summed E-state index contributed by atoms with van der Waals surface area (Å²) in [4.78, 5) is 33.9. The molecule has 1 N–H and O–H groups in total. The van der Waals surface area contributed by atoms with E-state index in [9.17, 15) is 14.4 Å². The Morgan fingerprint density at radius 2 is 1.52 bits per heavy atom. The monoisotopic (exact) mass is 303 g/mol. The number of carbonyl (C=O) groups is 3. The minimum atomic E-state index is -0.919. The fraction of sp³-hybridized carbons (Fsp3) is 0.769. The van der Waals surface area contributed by atoms with Gasteiger partial charge in [-0.15, -0.1) is 0 Å². The van der Waals surface area contributed by atoms with Gasteiger partial charge in [0.2, 0.25) is 5.91 Å². The van der Waals surface area contributed by atoms with E-state index in [1.165, 1.54) is 27.9 Å². The second-order valence-corrected chi connectivity index (χ2v) is 4.82. The van der Waals surface area contributed by atoms with Crippen LogP contribution >= 0.6 is 0 Å². The van der Waals surface area contributed by atoms with E-state index in [2.05, 4.69) is 5.32 Å². The molecule has 0 saturated carbocycles. The summed E-state index contributed by atoms with van der Waals surface area (Å²) in [5, 5.41) is 2.63. The number of hydrogen-bond donors (Lipinski definition) is 1. The van der Waals surface area contributed by atoms with Crippen molar-refractivity contribution >= 4 is 17.8 Å². The molecule has 1 rings (SSSR count). The maximum atomic E-state index is 11.4. The third-order valence-corrected chi connectivity index (χ3v) is 2.99. The number of esters is 2. The average Bonchev–Trinajstić information content (AvgIpc) is 2.35. The van der Waals surface area contributed by atoms with Crippen molar-refractivity contribution in [3.8, 4) is 0 Å². The molecule has 0 aromatic carbocycles. The van der Waals surface area contributed by atoms with E-state index in [1.807, 2.05) is 0 Å². The molecule has 8 nitrogen and oxygen atoms in total. The van der Waals surface area contributed by atoms with Crippen LogP contribution in [0, 0.1) is 0 Å². The van der Waals surface area contributed by atoms with Crippen LogP contribution in [0.4, 0.5) is 0 Å². The van der Waals surface area contributed by atoms with E-state index in [1.54, 1.807) is 6.92 Å². The molecule has 1 saturated heterocycles. The predicted molar refractivity (Wildman–Crippen MR) is 70.1 cm³/mol. The molecule has 8 heteroatoms. The molecule has 0 radical (unpaired) electrons. The van der Waals surface area contributed by atoms with Crippen LogP contribution in [0.3, 0.4) is 0 Å². The summed E-state index contributed by atoms with van der Waals surface area (Å²) in [6.07, 6.45) is -3.12. The zero-order chi connectivity index (χ0) is 16.2. The van der Waals surface area contributed by atoms with E-state index in [0.717, 1.165) is 0 Å². The van der Waals surface area contributed by atoms with Gasteiger partial charge in [-0.2, -0.15) is 0 Å². The molecule has 0 aromatic heterocycles. The van der Waals surface area contributed by atoms with Crippen molar-refractivity contribution in [3.05, 3.63) is 0 Å². The number of rotatable bonds is 4. The summed E-state index contributed by atoms with van der Waals surface area (Å²) in [6, 6.07) is -0.760. The molecule has 0 aromatic rings. The third kappa shape index (κ3) is 4.68. The van der Waals surface area contributed by atoms with Crippen LogP contribution in [-0.2, 0) is 33.3 Å². The molecule has 1 heterocycles. The van der Waals surface area contributed by atoms with Crippen LogP contribution in [0.15, 0.2) is 0 Å². The topological polar surface area (TPSA) is 100 Å². The second kappa shape index (κ2) is 7.37. The van der Waals surface area contributed by atoms with E-state index < -0.39 is 42.6 Å². The lowest BCUT2D eigenvalue weighted by Gasteiger charge is -2.43. The van der Waals surface area contributed by atoms with Crippen LogP contribution in [0.5, 0.6) is 0 Å². The Hall–Kier alpha value is -1.67. The van der Waals surface area contributed by atoms with Crippen LogP contribution in [-0.4, -0.2) is 55.6 Å². The van der Waals surface area contributed by atoms with E-state index in [-0.39, 0.29) is 5.91 Å². The highest BCUT2D eigenvalue weighted by Gasteiger charge is 2.48. The Labute approximate surface area is 123 Å². The third-order valence-electron chi connectivity index (χ3n) is 2.99. The first-order valence-electron chi connectivity index (χ1n) is 6.56. The van der Waals surface area contributed by atoms with E-state index in [0.29, 0.717) is 0 Å². The van der Waals surface area contributed by atoms with Gasteiger partial charge in [0.1, 0.15) is 6.04 Å². The number of ether oxygens (including phenoxy) is 4. The van der Waals surface area contributed by atoms with Gasteiger partial charge in [0.15, 0.2) is 18.5 Å². The lowest BCUT2D eigenvalue weighted by atomic mass is 9.96. The summed E-state index contributed by atoms with van der Waals surface area (Å²) in [6.45, 7) is 5.48. The van der Waals surface area contributed by atoms with Gasteiger partial charge in [-0.05, 0) is 6.92 Å². The molecule has 120 valence electrons. The zero-order valence-electron chi connectivity index (χ0n) is 12.7. The van der Waals surface area contributed by atoms with Crippen molar-refractivity contribution < 1.29 is 33.3 Å². The molecule has 0 unspecified atom stereocenters. The zero-order valence-corrected chi connectivity index (χ0v) is 12.7. The molecule has 1 amide bonds. The van der Waals surface area contributed by atoms with Gasteiger partial charge < -0.3 is 24.3 Å². The van der Waals surface area contributed by atoms with Crippen LogP contribution in [0.2, 0.25) is 0 Å². The van der Waals surface area contributed by atoms with Crippen molar-refractivity contribution in [1.82, 2.24) is 5.32 Å². The van der Waals surface area contributed by atoms with Gasteiger partial charge in [-0.3, -0.25) is 14.4 Å². The minimum absolute atomic E-state index is 0.349. The van der Waals surface area contributed by atoms with Crippen molar-refractivity contribution in [2.45, 2.75) is 58.3 Å². The van der Waals surface area contributed by atoms with Gasteiger partial charge in [0.25, 0.3) is 0 Å². The van der Waals surface area contributed by atoms with Crippen molar-refractivity contribution in [2.24, 2.45) is 0 Å². The average molecular weight is 303 g/mol. The molecule has 0 aliphatic carbocycles. The SMILES string of the molecule is CO[C@@H]1O[C@@H](C)[C@@H](OC(C)=O)[C@@H](NC(C)=O)[C@H]1OC(C)=O. The summed E-state index contributed by atoms with van der Waals surface area (Å²) in [7, 11) is 1.39. The van der Waals surface area contributed by atoms with Crippen molar-refractivity contribution in [3.63, 3.8) is 0 Å². The Kier molecular flexibility index (Phi) is 6.10. The lowest BCUT2D eigenvalue weighted by Crippen LogP contribution is -2.65. The summed E-state index contributed by atoms with van der Waals surface area (Å²) < 4.78 is 21.1. The van der Waals surface area contributed by atoms with Gasteiger partial charge in [-0.1, -0.05) is 0 Å². The number of hydrogen-bond acceptors (Lipinski definition) is 7. The van der Waals surface area contributed by atoms with Crippen LogP contribution < -0.4 is 5.32 Å². The molecule has 1 aliphatic heterocycles. The van der Waals surface area contributed by atoms with E-state index in [4.69, 9.17) is 18.9 Å². The first kappa shape index (κ1) is 17.4. The number of methoxy groups -OCH3 is 1. The first-order chi connectivity index (χ1) is 9.76. The van der Waals surface area contributed by atoms with Gasteiger partial charge in [0, 0.05) is 27.9 Å². The smallest absolute Gasteiger partial charge is 0.303 e.